The molecule has 1 saturated heterocycles. The van der Waals surface area contributed by atoms with Crippen LogP contribution in [0.15, 0.2) is 12.4 Å². The maximum atomic E-state index is 6.00. The van der Waals surface area contributed by atoms with E-state index in [1.165, 1.54) is 6.42 Å². The number of aromatic nitrogens is 2. The summed E-state index contributed by atoms with van der Waals surface area (Å²) in [4.78, 5) is 6.78. The number of nitrogens with zero attached hydrogens (tertiary/aromatic N) is 3. The summed E-state index contributed by atoms with van der Waals surface area (Å²) >= 11 is 0. The number of rotatable bonds is 3. The Labute approximate surface area is 97.4 Å². The lowest BCUT2D eigenvalue weighted by Gasteiger charge is -2.32. The summed E-state index contributed by atoms with van der Waals surface area (Å²) in [5.41, 5.74) is 6.00. The van der Waals surface area contributed by atoms with Crippen molar-refractivity contribution in [3.05, 3.63) is 12.4 Å². The van der Waals surface area contributed by atoms with Gasteiger partial charge in [0.25, 0.3) is 0 Å². The number of nitrogens with two attached hydrogens (primary N) is 1. The van der Waals surface area contributed by atoms with E-state index in [0.717, 1.165) is 32.0 Å². The van der Waals surface area contributed by atoms with Crippen molar-refractivity contribution in [2.75, 3.05) is 18.0 Å². The van der Waals surface area contributed by atoms with Crippen LogP contribution in [-0.2, 0) is 6.54 Å². The van der Waals surface area contributed by atoms with Crippen molar-refractivity contribution in [3.8, 4) is 0 Å². The molecule has 1 atom stereocenters. The van der Waals surface area contributed by atoms with E-state index in [0.29, 0.717) is 12.0 Å². The second-order valence-corrected chi connectivity index (χ2v) is 5.12. The molecule has 0 saturated carbocycles. The summed E-state index contributed by atoms with van der Waals surface area (Å²) in [6.45, 7) is 7.51. The largest absolute Gasteiger partial charge is 0.341 e. The van der Waals surface area contributed by atoms with Crippen LogP contribution in [0.5, 0.6) is 0 Å². The van der Waals surface area contributed by atoms with Gasteiger partial charge in [0.05, 0.1) is 0 Å². The highest BCUT2D eigenvalue weighted by molar-refractivity contribution is 5.32. The van der Waals surface area contributed by atoms with Gasteiger partial charge in [-0.15, -0.1) is 0 Å². The lowest BCUT2D eigenvalue weighted by Crippen LogP contribution is -2.44. The predicted octanol–water partition coefficient (Wildman–Crippen LogP) is 1.47. The van der Waals surface area contributed by atoms with Crippen LogP contribution in [0, 0.1) is 5.92 Å². The molecule has 0 radical (unpaired) electrons. The highest BCUT2D eigenvalue weighted by Crippen LogP contribution is 2.18. The third-order valence-electron chi connectivity index (χ3n) is 3.00. The van der Waals surface area contributed by atoms with E-state index in [9.17, 15) is 0 Å². The van der Waals surface area contributed by atoms with E-state index in [1.807, 2.05) is 6.20 Å². The Morgan fingerprint density at radius 1 is 1.56 bits per heavy atom. The van der Waals surface area contributed by atoms with Crippen LogP contribution in [0.4, 0.5) is 5.95 Å². The first-order chi connectivity index (χ1) is 7.66. The first-order valence-electron chi connectivity index (χ1n) is 6.18. The average molecular weight is 222 g/mol. The predicted molar refractivity (Wildman–Crippen MR) is 66.5 cm³/mol. The molecule has 2 N–H and O–H groups in total. The molecule has 1 aliphatic rings. The molecular weight excluding hydrogens is 200 g/mol. The Kier molecular flexibility index (Phi) is 3.49. The van der Waals surface area contributed by atoms with Crippen LogP contribution in [-0.4, -0.2) is 28.7 Å². The molecule has 0 aliphatic carbocycles. The molecule has 1 aromatic rings. The first kappa shape index (κ1) is 11.5. The second kappa shape index (κ2) is 4.87. The van der Waals surface area contributed by atoms with Crippen LogP contribution in [0.1, 0.15) is 26.7 Å². The minimum absolute atomic E-state index is 0.304. The Bertz CT molecular complexity index is 332. The van der Waals surface area contributed by atoms with Crippen molar-refractivity contribution in [1.82, 2.24) is 9.55 Å². The zero-order valence-corrected chi connectivity index (χ0v) is 10.3. The van der Waals surface area contributed by atoms with Crippen molar-refractivity contribution in [2.24, 2.45) is 11.7 Å². The SMILES string of the molecule is CC(C)Cn1ccnc1N1CCCC(N)C1. The van der Waals surface area contributed by atoms with Gasteiger partial charge < -0.3 is 15.2 Å². The standard InChI is InChI=1S/C12H22N4/c1-10(2)8-16-7-5-14-12(16)15-6-3-4-11(13)9-15/h5,7,10-11H,3-4,6,8-9,13H2,1-2H3. The van der Waals surface area contributed by atoms with E-state index in [4.69, 9.17) is 5.73 Å². The Morgan fingerprint density at radius 2 is 2.38 bits per heavy atom. The molecule has 16 heavy (non-hydrogen) atoms. The highest BCUT2D eigenvalue weighted by atomic mass is 15.3. The molecule has 0 bridgehead atoms. The summed E-state index contributed by atoms with van der Waals surface area (Å²) in [6, 6.07) is 0.304. The Balaban J connectivity index is 2.10. The van der Waals surface area contributed by atoms with Gasteiger partial charge in [0.2, 0.25) is 5.95 Å². The van der Waals surface area contributed by atoms with E-state index in [-0.39, 0.29) is 0 Å². The summed E-state index contributed by atoms with van der Waals surface area (Å²) in [7, 11) is 0. The van der Waals surface area contributed by atoms with Crippen LogP contribution in [0.3, 0.4) is 0 Å². The van der Waals surface area contributed by atoms with Crippen molar-refractivity contribution in [1.29, 1.82) is 0 Å². The molecule has 90 valence electrons. The normalized spacial score (nSPS) is 21.8. The molecule has 1 aromatic heterocycles. The van der Waals surface area contributed by atoms with Gasteiger partial charge in [0.1, 0.15) is 0 Å². The summed E-state index contributed by atoms with van der Waals surface area (Å²) in [5, 5.41) is 0. The second-order valence-electron chi connectivity index (χ2n) is 5.12. The fraction of sp³-hybridized carbons (Fsp3) is 0.750. The summed E-state index contributed by atoms with van der Waals surface area (Å²) in [6.07, 6.45) is 6.27. The number of hydrogen-bond acceptors (Lipinski definition) is 3. The Hall–Kier alpha value is -1.03. The first-order valence-corrected chi connectivity index (χ1v) is 6.18. The van der Waals surface area contributed by atoms with Crippen molar-refractivity contribution in [3.63, 3.8) is 0 Å². The van der Waals surface area contributed by atoms with Gasteiger partial charge in [-0.25, -0.2) is 4.98 Å². The zero-order chi connectivity index (χ0) is 11.5. The van der Waals surface area contributed by atoms with Crippen molar-refractivity contribution in [2.45, 2.75) is 39.3 Å². The molecule has 1 aliphatic heterocycles. The molecule has 2 rings (SSSR count). The van der Waals surface area contributed by atoms with E-state index in [1.54, 1.807) is 0 Å². The van der Waals surface area contributed by atoms with E-state index < -0.39 is 0 Å². The summed E-state index contributed by atoms with van der Waals surface area (Å²) < 4.78 is 2.24. The molecule has 4 heteroatoms. The van der Waals surface area contributed by atoms with Gasteiger partial charge in [-0.3, -0.25) is 0 Å². The zero-order valence-electron chi connectivity index (χ0n) is 10.3. The third-order valence-corrected chi connectivity index (χ3v) is 3.00. The van der Waals surface area contributed by atoms with E-state index in [2.05, 4.69) is 34.5 Å². The van der Waals surface area contributed by atoms with E-state index >= 15 is 0 Å². The smallest absolute Gasteiger partial charge is 0.205 e. The lowest BCUT2D eigenvalue weighted by molar-refractivity contribution is 0.475. The number of piperidine rings is 1. The number of imidazole rings is 1. The molecule has 0 amide bonds. The monoisotopic (exact) mass is 222 g/mol. The quantitative estimate of drug-likeness (QED) is 0.842. The van der Waals surface area contributed by atoms with Crippen molar-refractivity contribution >= 4 is 5.95 Å². The topological polar surface area (TPSA) is 47.1 Å². The third kappa shape index (κ3) is 2.55. The molecule has 1 fully saturated rings. The molecular formula is C12H22N4. The Morgan fingerprint density at radius 3 is 3.06 bits per heavy atom. The lowest BCUT2D eigenvalue weighted by atomic mass is 10.1. The van der Waals surface area contributed by atoms with Crippen LogP contribution < -0.4 is 10.6 Å². The maximum Gasteiger partial charge on any atom is 0.205 e. The van der Waals surface area contributed by atoms with Crippen molar-refractivity contribution < 1.29 is 0 Å². The minimum atomic E-state index is 0.304. The summed E-state index contributed by atoms with van der Waals surface area (Å²) in [5.74, 6) is 1.73. The average Bonchev–Trinajstić information content (AvgIpc) is 2.65. The van der Waals surface area contributed by atoms with Crippen LogP contribution in [0.2, 0.25) is 0 Å². The molecule has 2 heterocycles. The molecule has 4 nitrogen and oxygen atoms in total. The van der Waals surface area contributed by atoms with Gasteiger partial charge >= 0.3 is 0 Å². The van der Waals surface area contributed by atoms with Gasteiger partial charge in [0.15, 0.2) is 0 Å². The van der Waals surface area contributed by atoms with Gasteiger partial charge in [-0.1, -0.05) is 13.8 Å². The molecule has 0 aromatic carbocycles. The van der Waals surface area contributed by atoms with Crippen LogP contribution >= 0.6 is 0 Å². The van der Waals surface area contributed by atoms with Crippen LogP contribution in [0.25, 0.3) is 0 Å². The fourth-order valence-corrected chi connectivity index (χ4v) is 2.31. The number of anilines is 1. The fourth-order valence-electron chi connectivity index (χ4n) is 2.31. The molecule has 1 unspecified atom stereocenters. The molecule has 0 spiro atoms. The minimum Gasteiger partial charge on any atom is -0.341 e. The van der Waals surface area contributed by atoms with Gasteiger partial charge in [-0.05, 0) is 18.8 Å². The van der Waals surface area contributed by atoms with Gasteiger partial charge in [0, 0.05) is 38.1 Å². The highest BCUT2D eigenvalue weighted by Gasteiger charge is 2.20. The van der Waals surface area contributed by atoms with Gasteiger partial charge in [-0.2, -0.15) is 0 Å². The maximum absolute atomic E-state index is 6.00. The number of hydrogen-bond donors (Lipinski definition) is 1.